The average molecular weight is 333 g/mol. The molecule has 0 bridgehead atoms. The third kappa shape index (κ3) is 3.78. The Kier molecular flexibility index (Phi) is 5.52. The molecule has 1 heterocycles. The molecular formula is C17H19NO4S. The molecule has 2 rings (SSSR count). The van der Waals surface area contributed by atoms with Crippen LogP contribution in [0.4, 0.5) is 5.00 Å². The Hall–Kier alpha value is -2.18. The summed E-state index contributed by atoms with van der Waals surface area (Å²) < 4.78 is 9.88. The first-order valence-electron chi connectivity index (χ1n) is 7.05. The number of ether oxygens (including phenoxy) is 2. The molecule has 0 fully saturated rings. The van der Waals surface area contributed by atoms with Gasteiger partial charge in [-0.25, -0.2) is 4.79 Å². The number of esters is 1. The second kappa shape index (κ2) is 7.39. The number of nitrogens with one attached hydrogen (secondary N) is 1. The highest BCUT2D eigenvalue weighted by Gasteiger charge is 2.22. The molecule has 0 aliphatic carbocycles. The van der Waals surface area contributed by atoms with Crippen molar-refractivity contribution in [2.45, 2.75) is 20.5 Å². The largest absolute Gasteiger partial charge is 0.465 e. The van der Waals surface area contributed by atoms with Gasteiger partial charge in [0.05, 0.1) is 19.3 Å². The van der Waals surface area contributed by atoms with Gasteiger partial charge in [0.15, 0.2) is 0 Å². The molecule has 122 valence electrons. The number of rotatable bonds is 5. The molecule has 1 aromatic heterocycles. The second-order valence-corrected chi connectivity index (χ2v) is 6.29. The molecule has 0 aliphatic rings. The van der Waals surface area contributed by atoms with E-state index in [2.05, 4.69) is 5.32 Å². The van der Waals surface area contributed by atoms with Gasteiger partial charge in [0.2, 0.25) is 0 Å². The molecule has 23 heavy (non-hydrogen) atoms. The predicted molar refractivity (Wildman–Crippen MR) is 90.2 cm³/mol. The highest BCUT2D eigenvalue weighted by Crippen LogP contribution is 2.33. The Balaban J connectivity index is 2.29. The number of anilines is 1. The topological polar surface area (TPSA) is 64.6 Å². The van der Waals surface area contributed by atoms with Crippen LogP contribution in [0.2, 0.25) is 0 Å². The van der Waals surface area contributed by atoms with Crippen molar-refractivity contribution in [2.75, 3.05) is 19.5 Å². The quantitative estimate of drug-likeness (QED) is 0.850. The summed E-state index contributed by atoms with van der Waals surface area (Å²) in [4.78, 5) is 25.4. The van der Waals surface area contributed by atoms with Crippen LogP contribution in [-0.2, 0) is 16.1 Å². The maximum absolute atomic E-state index is 12.5. The third-order valence-corrected chi connectivity index (χ3v) is 4.62. The Bertz CT molecular complexity index is 736. The maximum atomic E-state index is 12.5. The van der Waals surface area contributed by atoms with Gasteiger partial charge in [-0.05, 0) is 37.1 Å². The minimum absolute atomic E-state index is 0.269. The first-order chi connectivity index (χ1) is 11.0. The number of amides is 1. The molecule has 0 saturated heterocycles. The minimum atomic E-state index is -0.449. The van der Waals surface area contributed by atoms with Crippen molar-refractivity contribution in [1.82, 2.24) is 0 Å². The minimum Gasteiger partial charge on any atom is -0.465 e. The zero-order valence-corrected chi connectivity index (χ0v) is 14.4. The number of methoxy groups -OCH3 is 2. The smallest absolute Gasteiger partial charge is 0.341 e. The molecular weight excluding hydrogens is 314 g/mol. The van der Waals surface area contributed by atoms with Crippen LogP contribution in [0.3, 0.4) is 0 Å². The Morgan fingerprint density at radius 3 is 2.61 bits per heavy atom. The van der Waals surface area contributed by atoms with Gasteiger partial charge >= 0.3 is 5.97 Å². The van der Waals surface area contributed by atoms with E-state index in [1.807, 2.05) is 19.9 Å². The summed E-state index contributed by atoms with van der Waals surface area (Å²) in [6.45, 7) is 4.18. The number of carbonyl (C=O) groups excluding carboxylic acids is 2. The fourth-order valence-electron chi connectivity index (χ4n) is 2.21. The Labute approximate surface area is 139 Å². The SMILES string of the molecule is COCc1cccc(C(=O)Nc2sc(C)c(C)c2C(=O)OC)c1. The molecule has 0 spiro atoms. The fourth-order valence-corrected chi connectivity index (χ4v) is 3.25. The van der Waals surface area contributed by atoms with Crippen molar-refractivity contribution < 1.29 is 19.1 Å². The standard InChI is InChI=1S/C17H19NO4S/c1-10-11(2)23-16(14(10)17(20)22-4)18-15(19)13-7-5-6-12(8-13)9-21-3/h5-8H,9H2,1-4H3,(H,18,19). The Morgan fingerprint density at radius 1 is 1.22 bits per heavy atom. The van der Waals surface area contributed by atoms with Gasteiger partial charge in [-0.1, -0.05) is 12.1 Å². The number of carbonyl (C=O) groups is 2. The number of aryl methyl sites for hydroxylation is 1. The zero-order chi connectivity index (χ0) is 17.0. The summed E-state index contributed by atoms with van der Waals surface area (Å²) in [5.74, 6) is -0.718. The Morgan fingerprint density at radius 2 is 1.96 bits per heavy atom. The molecule has 0 unspecified atom stereocenters. The van der Waals surface area contributed by atoms with Crippen LogP contribution in [0.1, 0.15) is 36.7 Å². The normalized spacial score (nSPS) is 10.4. The molecule has 0 radical (unpaired) electrons. The zero-order valence-electron chi connectivity index (χ0n) is 13.6. The van der Waals surface area contributed by atoms with Gasteiger partial charge in [0.1, 0.15) is 5.00 Å². The number of hydrogen-bond donors (Lipinski definition) is 1. The third-order valence-electron chi connectivity index (χ3n) is 3.50. The van der Waals surface area contributed by atoms with Gasteiger partial charge < -0.3 is 14.8 Å². The van der Waals surface area contributed by atoms with E-state index in [0.29, 0.717) is 22.7 Å². The average Bonchev–Trinajstić information content (AvgIpc) is 2.81. The lowest BCUT2D eigenvalue weighted by Gasteiger charge is -2.07. The van der Waals surface area contributed by atoms with Gasteiger partial charge in [0, 0.05) is 17.6 Å². The van der Waals surface area contributed by atoms with E-state index in [1.54, 1.807) is 25.3 Å². The van der Waals surface area contributed by atoms with Gasteiger partial charge in [0.25, 0.3) is 5.91 Å². The summed E-state index contributed by atoms with van der Waals surface area (Å²) in [7, 11) is 2.93. The summed E-state index contributed by atoms with van der Waals surface area (Å²) in [5.41, 5.74) is 2.66. The molecule has 6 heteroatoms. The van der Waals surface area contributed by atoms with Crippen molar-refractivity contribution in [3.8, 4) is 0 Å². The molecule has 5 nitrogen and oxygen atoms in total. The van der Waals surface area contributed by atoms with Crippen LogP contribution in [0.25, 0.3) is 0 Å². The predicted octanol–water partition coefficient (Wildman–Crippen LogP) is 3.55. The van der Waals surface area contributed by atoms with Crippen molar-refractivity contribution >= 4 is 28.2 Å². The van der Waals surface area contributed by atoms with Crippen LogP contribution in [-0.4, -0.2) is 26.1 Å². The molecule has 2 aromatic rings. The van der Waals surface area contributed by atoms with Crippen molar-refractivity contribution in [2.24, 2.45) is 0 Å². The lowest BCUT2D eigenvalue weighted by atomic mass is 10.1. The molecule has 1 aromatic carbocycles. The first-order valence-corrected chi connectivity index (χ1v) is 7.87. The van der Waals surface area contributed by atoms with Crippen LogP contribution >= 0.6 is 11.3 Å². The van der Waals surface area contributed by atoms with Crippen molar-refractivity contribution in [3.63, 3.8) is 0 Å². The van der Waals surface area contributed by atoms with Crippen LogP contribution in [0.5, 0.6) is 0 Å². The highest BCUT2D eigenvalue weighted by molar-refractivity contribution is 7.16. The van der Waals surface area contributed by atoms with Gasteiger partial charge in [-0.3, -0.25) is 4.79 Å². The molecule has 0 atom stereocenters. The molecule has 1 amide bonds. The van der Waals surface area contributed by atoms with Crippen molar-refractivity contribution in [1.29, 1.82) is 0 Å². The lowest BCUT2D eigenvalue weighted by molar-refractivity contribution is 0.0601. The monoisotopic (exact) mass is 333 g/mol. The number of thiophene rings is 1. The molecule has 1 N–H and O–H groups in total. The van der Waals surface area contributed by atoms with E-state index in [0.717, 1.165) is 16.0 Å². The molecule has 0 saturated carbocycles. The van der Waals surface area contributed by atoms with E-state index < -0.39 is 5.97 Å². The van der Waals surface area contributed by atoms with Gasteiger partial charge in [-0.2, -0.15) is 0 Å². The highest BCUT2D eigenvalue weighted by atomic mass is 32.1. The summed E-state index contributed by atoms with van der Waals surface area (Å²) >= 11 is 1.36. The molecule has 0 aliphatic heterocycles. The van der Waals surface area contributed by atoms with Crippen LogP contribution in [0.15, 0.2) is 24.3 Å². The fraction of sp³-hybridized carbons (Fsp3) is 0.294. The van der Waals surface area contributed by atoms with E-state index in [9.17, 15) is 9.59 Å². The number of benzene rings is 1. The lowest BCUT2D eigenvalue weighted by Crippen LogP contribution is -2.14. The van der Waals surface area contributed by atoms with E-state index >= 15 is 0 Å². The maximum Gasteiger partial charge on any atom is 0.341 e. The first kappa shape index (κ1) is 17.2. The van der Waals surface area contributed by atoms with Gasteiger partial charge in [-0.15, -0.1) is 11.3 Å². The second-order valence-electron chi connectivity index (χ2n) is 5.07. The summed E-state index contributed by atoms with van der Waals surface area (Å²) in [6, 6.07) is 7.18. The van der Waals surface area contributed by atoms with Crippen LogP contribution in [0, 0.1) is 13.8 Å². The van der Waals surface area contributed by atoms with Crippen molar-refractivity contribution in [3.05, 3.63) is 51.4 Å². The van der Waals surface area contributed by atoms with E-state index in [-0.39, 0.29) is 5.91 Å². The van der Waals surface area contributed by atoms with E-state index in [4.69, 9.17) is 9.47 Å². The number of hydrogen-bond acceptors (Lipinski definition) is 5. The summed E-state index contributed by atoms with van der Waals surface area (Å²) in [6.07, 6.45) is 0. The van der Waals surface area contributed by atoms with E-state index in [1.165, 1.54) is 18.4 Å². The summed E-state index contributed by atoms with van der Waals surface area (Å²) in [5, 5.41) is 3.32. The van der Waals surface area contributed by atoms with Crippen LogP contribution < -0.4 is 5.32 Å².